The van der Waals surface area contributed by atoms with Crippen molar-refractivity contribution in [1.29, 1.82) is 0 Å². The summed E-state index contributed by atoms with van der Waals surface area (Å²) in [5.74, 6) is 0.889. The Kier molecular flexibility index (Phi) is 6.24. The van der Waals surface area contributed by atoms with E-state index in [0.29, 0.717) is 11.7 Å². The largest absolute Gasteiger partial charge is 0.342 e. The normalized spacial score (nSPS) is 12.2. The van der Waals surface area contributed by atoms with Crippen LogP contribution in [0.4, 0.5) is 4.39 Å². The van der Waals surface area contributed by atoms with Gasteiger partial charge in [0, 0.05) is 19.4 Å². The Hall–Kier alpha value is -2.95. The van der Waals surface area contributed by atoms with Gasteiger partial charge in [-0.3, -0.25) is 4.79 Å². The summed E-state index contributed by atoms with van der Waals surface area (Å²) in [6.07, 6.45) is 4.82. The summed E-state index contributed by atoms with van der Waals surface area (Å²) >= 11 is 0. The summed E-state index contributed by atoms with van der Waals surface area (Å²) in [4.78, 5) is 17.1. The summed E-state index contributed by atoms with van der Waals surface area (Å²) < 4.78 is 15.2. The fraction of sp³-hybridized carbons (Fsp3) is 0.304. The van der Waals surface area contributed by atoms with E-state index in [1.165, 1.54) is 17.7 Å². The number of aryl methyl sites for hydroxylation is 1. The van der Waals surface area contributed by atoms with E-state index in [4.69, 9.17) is 0 Å². The number of halogens is 1. The number of imidazole rings is 1. The van der Waals surface area contributed by atoms with Crippen molar-refractivity contribution in [3.05, 3.63) is 89.3 Å². The van der Waals surface area contributed by atoms with Crippen LogP contribution >= 0.6 is 0 Å². The highest BCUT2D eigenvalue weighted by Gasteiger charge is 2.21. The lowest BCUT2D eigenvalue weighted by molar-refractivity contribution is -0.121. The van der Waals surface area contributed by atoms with Crippen molar-refractivity contribution in [3.63, 3.8) is 0 Å². The molecule has 4 nitrogen and oxygen atoms in total. The quantitative estimate of drug-likeness (QED) is 0.669. The highest BCUT2D eigenvalue weighted by Crippen LogP contribution is 2.21. The molecule has 0 aliphatic heterocycles. The van der Waals surface area contributed by atoms with E-state index in [1.807, 2.05) is 29.9 Å². The lowest BCUT2D eigenvalue weighted by Crippen LogP contribution is -2.32. The molecule has 0 radical (unpaired) electrons. The van der Waals surface area contributed by atoms with E-state index in [0.717, 1.165) is 17.5 Å². The van der Waals surface area contributed by atoms with Crippen molar-refractivity contribution in [3.8, 4) is 0 Å². The van der Waals surface area contributed by atoms with Gasteiger partial charge in [0.2, 0.25) is 5.91 Å². The lowest BCUT2D eigenvalue weighted by Gasteiger charge is -2.19. The van der Waals surface area contributed by atoms with Crippen molar-refractivity contribution in [1.82, 2.24) is 14.9 Å². The SMILES string of the molecule is CC(C)Cc1ccc(CC(=O)NC(c2ccc(F)cc2)c2nccn2C)cc1. The number of nitrogens with one attached hydrogen (secondary N) is 1. The van der Waals surface area contributed by atoms with Crippen molar-refractivity contribution in [2.45, 2.75) is 32.7 Å². The Morgan fingerprint density at radius 2 is 1.71 bits per heavy atom. The Morgan fingerprint density at radius 3 is 2.29 bits per heavy atom. The van der Waals surface area contributed by atoms with Crippen molar-refractivity contribution >= 4 is 5.91 Å². The first-order chi connectivity index (χ1) is 13.4. The van der Waals surface area contributed by atoms with E-state index in [9.17, 15) is 9.18 Å². The molecule has 146 valence electrons. The molecule has 0 saturated carbocycles. The van der Waals surface area contributed by atoms with Gasteiger partial charge in [-0.2, -0.15) is 0 Å². The molecule has 0 saturated heterocycles. The zero-order valence-electron chi connectivity index (χ0n) is 16.5. The minimum Gasteiger partial charge on any atom is -0.342 e. The van der Waals surface area contributed by atoms with Crippen LogP contribution in [-0.4, -0.2) is 15.5 Å². The number of carbonyl (C=O) groups is 1. The summed E-state index contributed by atoms with van der Waals surface area (Å²) in [6, 6.07) is 13.9. The highest BCUT2D eigenvalue weighted by molar-refractivity contribution is 5.79. The number of carbonyl (C=O) groups excluding carboxylic acids is 1. The van der Waals surface area contributed by atoms with Crippen molar-refractivity contribution in [2.24, 2.45) is 13.0 Å². The Morgan fingerprint density at radius 1 is 1.07 bits per heavy atom. The van der Waals surface area contributed by atoms with Crippen LogP contribution in [0.15, 0.2) is 60.9 Å². The summed E-state index contributed by atoms with van der Waals surface area (Å²) in [6.45, 7) is 4.38. The fourth-order valence-corrected chi connectivity index (χ4v) is 3.27. The van der Waals surface area contributed by atoms with Crippen LogP contribution in [0.3, 0.4) is 0 Å². The number of aromatic nitrogens is 2. The molecule has 0 bridgehead atoms. The third-order valence-electron chi connectivity index (χ3n) is 4.66. The first-order valence-corrected chi connectivity index (χ1v) is 9.52. The molecule has 1 unspecified atom stereocenters. The molecule has 1 N–H and O–H groups in total. The van der Waals surface area contributed by atoms with Crippen molar-refractivity contribution in [2.75, 3.05) is 0 Å². The van der Waals surface area contributed by atoms with Gasteiger partial charge in [-0.05, 0) is 41.2 Å². The molecule has 1 atom stereocenters. The van der Waals surface area contributed by atoms with Crippen LogP contribution in [0.2, 0.25) is 0 Å². The van der Waals surface area contributed by atoms with Crippen LogP contribution in [0.5, 0.6) is 0 Å². The number of hydrogen-bond acceptors (Lipinski definition) is 2. The van der Waals surface area contributed by atoms with Gasteiger partial charge in [-0.15, -0.1) is 0 Å². The van der Waals surface area contributed by atoms with E-state index < -0.39 is 6.04 Å². The van der Waals surface area contributed by atoms with Gasteiger partial charge in [-0.25, -0.2) is 9.37 Å². The molecule has 1 heterocycles. The molecule has 28 heavy (non-hydrogen) atoms. The predicted octanol–water partition coefficient (Wildman–Crippen LogP) is 4.21. The molecule has 0 spiro atoms. The van der Waals surface area contributed by atoms with Crippen molar-refractivity contribution < 1.29 is 9.18 Å². The first kappa shape index (κ1) is 19.8. The molecule has 0 fully saturated rings. The van der Waals surface area contributed by atoms with Gasteiger partial charge in [0.25, 0.3) is 0 Å². The first-order valence-electron chi connectivity index (χ1n) is 9.52. The Labute approximate surface area is 165 Å². The molecule has 0 aliphatic carbocycles. The average Bonchev–Trinajstić information content (AvgIpc) is 3.07. The monoisotopic (exact) mass is 379 g/mol. The highest BCUT2D eigenvalue weighted by atomic mass is 19.1. The third-order valence-corrected chi connectivity index (χ3v) is 4.66. The van der Waals surface area contributed by atoms with Gasteiger partial charge >= 0.3 is 0 Å². The van der Waals surface area contributed by atoms with Gasteiger partial charge in [-0.1, -0.05) is 50.2 Å². The maximum atomic E-state index is 13.3. The van der Waals surface area contributed by atoms with Crippen LogP contribution in [0.1, 0.15) is 42.4 Å². The summed E-state index contributed by atoms with van der Waals surface area (Å²) in [5, 5.41) is 3.05. The van der Waals surface area contributed by atoms with Gasteiger partial charge in [0.15, 0.2) is 0 Å². The van der Waals surface area contributed by atoms with Gasteiger partial charge in [0.05, 0.1) is 6.42 Å². The minimum absolute atomic E-state index is 0.103. The van der Waals surface area contributed by atoms with Crippen LogP contribution in [0.25, 0.3) is 0 Å². The zero-order chi connectivity index (χ0) is 20.1. The standard InChI is InChI=1S/C23H26FN3O/c1-16(2)14-17-4-6-18(7-5-17)15-21(28)26-22(23-25-12-13-27(23)3)19-8-10-20(24)11-9-19/h4-13,16,22H,14-15H2,1-3H3,(H,26,28). The minimum atomic E-state index is -0.437. The maximum Gasteiger partial charge on any atom is 0.225 e. The van der Waals surface area contributed by atoms with Gasteiger partial charge in [0.1, 0.15) is 17.7 Å². The van der Waals surface area contributed by atoms with E-state index >= 15 is 0 Å². The van der Waals surface area contributed by atoms with E-state index in [1.54, 1.807) is 18.3 Å². The Balaban J connectivity index is 1.74. The van der Waals surface area contributed by atoms with E-state index in [2.05, 4.69) is 36.3 Å². The fourth-order valence-electron chi connectivity index (χ4n) is 3.27. The number of nitrogens with zero attached hydrogens (tertiary/aromatic N) is 2. The topological polar surface area (TPSA) is 46.9 Å². The molecule has 2 aromatic carbocycles. The molecule has 0 aliphatic rings. The van der Waals surface area contributed by atoms with Crippen LogP contribution in [0, 0.1) is 11.7 Å². The second kappa shape index (κ2) is 8.83. The second-order valence-electron chi connectivity index (χ2n) is 7.54. The number of rotatable bonds is 7. The van der Waals surface area contributed by atoms with Gasteiger partial charge < -0.3 is 9.88 Å². The molecule has 1 amide bonds. The summed E-state index contributed by atoms with van der Waals surface area (Å²) in [7, 11) is 1.87. The summed E-state index contributed by atoms with van der Waals surface area (Å²) in [5.41, 5.74) is 3.02. The predicted molar refractivity (Wildman–Crippen MR) is 108 cm³/mol. The molecular formula is C23H26FN3O. The lowest BCUT2D eigenvalue weighted by atomic mass is 10.0. The zero-order valence-corrected chi connectivity index (χ0v) is 16.5. The molecule has 3 rings (SSSR count). The molecule has 5 heteroatoms. The maximum absolute atomic E-state index is 13.3. The second-order valence-corrected chi connectivity index (χ2v) is 7.54. The molecule has 3 aromatic rings. The third kappa shape index (κ3) is 5.06. The van der Waals surface area contributed by atoms with Crippen LogP contribution < -0.4 is 5.32 Å². The van der Waals surface area contributed by atoms with E-state index in [-0.39, 0.29) is 18.1 Å². The average molecular weight is 379 g/mol. The van der Waals surface area contributed by atoms with Crippen LogP contribution in [-0.2, 0) is 24.7 Å². The smallest absolute Gasteiger partial charge is 0.225 e. The number of hydrogen-bond donors (Lipinski definition) is 1. The number of amides is 1. The molecular weight excluding hydrogens is 353 g/mol. The molecule has 1 aromatic heterocycles. The number of benzene rings is 2. The Bertz CT molecular complexity index is 914.